The molecule has 92 valence electrons. The van der Waals surface area contributed by atoms with Crippen molar-refractivity contribution in [1.82, 2.24) is 9.97 Å². The first-order valence-electron chi connectivity index (χ1n) is 5.99. The van der Waals surface area contributed by atoms with Crippen molar-refractivity contribution in [1.29, 1.82) is 0 Å². The van der Waals surface area contributed by atoms with Crippen LogP contribution in [0.3, 0.4) is 0 Å². The van der Waals surface area contributed by atoms with Crippen molar-refractivity contribution in [2.75, 3.05) is 5.32 Å². The molecule has 1 fully saturated rings. The van der Waals surface area contributed by atoms with Gasteiger partial charge in [-0.3, -0.25) is 0 Å². The summed E-state index contributed by atoms with van der Waals surface area (Å²) in [6.07, 6.45) is 5.25. The number of anilines is 1. The number of carboxylic acid groups (broad SMARTS) is 1. The number of nitrogens with zero attached hydrogens (tertiary/aromatic N) is 2. The van der Waals surface area contributed by atoms with E-state index in [1.165, 1.54) is 19.3 Å². The van der Waals surface area contributed by atoms with Gasteiger partial charge in [0, 0.05) is 17.6 Å². The van der Waals surface area contributed by atoms with Gasteiger partial charge in [-0.25, -0.2) is 14.8 Å². The molecule has 1 aromatic heterocycles. The number of fused-ring (bicyclic) bond motifs is 1. The number of aromatic carboxylic acids is 1. The number of aromatic nitrogens is 2. The molecule has 1 aliphatic rings. The second-order valence-corrected chi connectivity index (χ2v) is 4.54. The van der Waals surface area contributed by atoms with Gasteiger partial charge in [-0.2, -0.15) is 0 Å². The molecule has 3 rings (SSSR count). The van der Waals surface area contributed by atoms with Gasteiger partial charge in [0.25, 0.3) is 0 Å². The van der Waals surface area contributed by atoms with Crippen LogP contribution in [-0.2, 0) is 0 Å². The molecule has 0 amide bonds. The van der Waals surface area contributed by atoms with Crippen molar-refractivity contribution in [3.8, 4) is 0 Å². The van der Waals surface area contributed by atoms with Gasteiger partial charge in [-0.05, 0) is 37.5 Å². The van der Waals surface area contributed by atoms with Crippen molar-refractivity contribution < 1.29 is 9.90 Å². The summed E-state index contributed by atoms with van der Waals surface area (Å²) in [4.78, 5) is 19.4. The summed E-state index contributed by atoms with van der Waals surface area (Å²) >= 11 is 0. The van der Waals surface area contributed by atoms with Crippen molar-refractivity contribution in [2.45, 2.75) is 25.3 Å². The first kappa shape index (κ1) is 11.0. The van der Waals surface area contributed by atoms with Crippen LogP contribution in [0.4, 0.5) is 5.95 Å². The molecule has 0 saturated heterocycles. The van der Waals surface area contributed by atoms with E-state index in [9.17, 15) is 4.79 Å². The number of rotatable bonds is 3. The van der Waals surface area contributed by atoms with Gasteiger partial charge < -0.3 is 10.4 Å². The molecule has 1 heterocycles. The van der Waals surface area contributed by atoms with E-state index in [0.29, 0.717) is 12.0 Å². The minimum Gasteiger partial charge on any atom is -0.478 e. The zero-order valence-corrected chi connectivity index (χ0v) is 9.76. The van der Waals surface area contributed by atoms with Crippen LogP contribution in [-0.4, -0.2) is 27.1 Å². The van der Waals surface area contributed by atoms with E-state index >= 15 is 0 Å². The number of carbonyl (C=O) groups is 1. The molecule has 2 aromatic rings. The molecule has 0 bridgehead atoms. The fraction of sp³-hybridized carbons (Fsp3) is 0.308. The third-order valence-corrected chi connectivity index (χ3v) is 3.27. The monoisotopic (exact) mass is 243 g/mol. The van der Waals surface area contributed by atoms with Crippen LogP contribution in [0, 0.1) is 0 Å². The Balaban J connectivity index is 1.92. The van der Waals surface area contributed by atoms with Gasteiger partial charge in [0.05, 0.1) is 11.1 Å². The van der Waals surface area contributed by atoms with Crippen LogP contribution in [0.15, 0.2) is 24.4 Å². The van der Waals surface area contributed by atoms with Gasteiger partial charge in [0.1, 0.15) is 0 Å². The van der Waals surface area contributed by atoms with E-state index in [1.807, 2.05) is 0 Å². The minimum absolute atomic E-state index is 0.255. The van der Waals surface area contributed by atoms with Gasteiger partial charge >= 0.3 is 5.97 Å². The SMILES string of the molecule is O=C(O)c1ccc2nc(NC3CCC3)ncc2c1. The van der Waals surface area contributed by atoms with E-state index in [4.69, 9.17) is 5.11 Å². The standard InChI is InChI=1S/C13H13N3O2/c17-12(18)8-4-5-11-9(6-8)7-14-13(16-11)15-10-2-1-3-10/h4-7,10H,1-3H2,(H,17,18)(H,14,15,16). The van der Waals surface area contributed by atoms with Crippen molar-refractivity contribution in [2.24, 2.45) is 0 Å². The molecule has 5 nitrogen and oxygen atoms in total. The summed E-state index contributed by atoms with van der Waals surface area (Å²) in [5.41, 5.74) is 1.02. The number of benzene rings is 1. The minimum atomic E-state index is -0.937. The maximum Gasteiger partial charge on any atom is 0.335 e. The van der Waals surface area contributed by atoms with E-state index in [0.717, 1.165) is 10.9 Å². The lowest BCUT2D eigenvalue weighted by atomic mass is 9.93. The van der Waals surface area contributed by atoms with E-state index < -0.39 is 5.97 Å². The Hall–Kier alpha value is -2.17. The Labute approximate surface area is 104 Å². The Kier molecular flexibility index (Phi) is 2.59. The largest absolute Gasteiger partial charge is 0.478 e. The second-order valence-electron chi connectivity index (χ2n) is 4.54. The topological polar surface area (TPSA) is 75.1 Å². The molecule has 1 aromatic carbocycles. The fourth-order valence-corrected chi connectivity index (χ4v) is 1.97. The number of hydrogen-bond acceptors (Lipinski definition) is 4. The average molecular weight is 243 g/mol. The molecule has 0 spiro atoms. The highest BCUT2D eigenvalue weighted by atomic mass is 16.4. The average Bonchev–Trinajstić information content (AvgIpc) is 2.33. The van der Waals surface area contributed by atoms with Gasteiger partial charge in [-0.1, -0.05) is 0 Å². The smallest absolute Gasteiger partial charge is 0.335 e. The van der Waals surface area contributed by atoms with Crippen molar-refractivity contribution in [3.05, 3.63) is 30.0 Å². The molecule has 0 radical (unpaired) electrons. The highest BCUT2D eigenvalue weighted by molar-refractivity contribution is 5.93. The molecule has 0 unspecified atom stereocenters. The molecule has 18 heavy (non-hydrogen) atoms. The zero-order valence-electron chi connectivity index (χ0n) is 9.76. The summed E-state index contributed by atoms with van der Waals surface area (Å²) in [5, 5.41) is 12.9. The van der Waals surface area contributed by atoms with E-state index in [2.05, 4.69) is 15.3 Å². The third kappa shape index (κ3) is 1.99. The molecule has 5 heteroatoms. The summed E-state index contributed by atoms with van der Waals surface area (Å²) in [6.45, 7) is 0. The Bertz CT molecular complexity index is 608. The summed E-state index contributed by atoms with van der Waals surface area (Å²) < 4.78 is 0. The van der Waals surface area contributed by atoms with E-state index in [-0.39, 0.29) is 5.56 Å². The molecule has 1 saturated carbocycles. The summed E-state index contributed by atoms with van der Waals surface area (Å²) in [6, 6.07) is 5.35. The highest BCUT2D eigenvalue weighted by Crippen LogP contribution is 2.22. The quantitative estimate of drug-likeness (QED) is 0.865. The third-order valence-electron chi connectivity index (χ3n) is 3.27. The molecular formula is C13H13N3O2. The lowest BCUT2D eigenvalue weighted by Gasteiger charge is -2.26. The van der Waals surface area contributed by atoms with Crippen LogP contribution in [0.1, 0.15) is 29.6 Å². The normalized spacial score (nSPS) is 15.3. The van der Waals surface area contributed by atoms with Crippen LogP contribution in [0.25, 0.3) is 10.9 Å². The van der Waals surface area contributed by atoms with E-state index in [1.54, 1.807) is 24.4 Å². The Morgan fingerprint density at radius 1 is 1.39 bits per heavy atom. The first-order chi connectivity index (χ1) is 8.72. The Morgan fingerprint density at radius 2 is 2.22 bits per heavy atom. The maximum atomic E-state index is 10.9. The predicted octanol–water partition coefficient (Wildman–Crippen LogP) is 2.29. The molecule has 1 aliphatic carbocycles. The Morgan fingerprint density at radius 3 is 2.89 bits per heavy atom. The first-order valence-corrected chi connectivity index (χ1v) is 5.99. The van der Waals surface area contributed by atoms with Gasteiger partial charge in [0.2, 0.25) is 5.95 Å². The number of hydrogen-bond donors (Lipinski definition) is 2. The van der Waals surface area contributed by atoms with Crippen molar-refractivity contribution >= 4 is 22.8 Å². The molecular weight excluding hydrogens is 230 g/mol. The highest BCUT2D eigenvalue weighted by Gasteiger charge is 2.17. The molecule has 0 atom stereocenters. The molecule has 2 N–H and O–H groups in total. The number of carboxylic acids is 1. The van der Waals surface area contributed by atoms with Gasteiger partial charge in [-0.15, -0.1) is 0 Å². The number of nitrogens with one attached hydrogen (secondary N) is 1. The summed E-state index contributed by atoms with van der Waals surface area (Å²) in [5.74, 6) is -0.316. The van der Waals surface area contributed by atoms with Crippen LogP contribution in [0.2, 0.25) is 0 Å². The maximum absolute atomic E-state index is 10.9. The summed E-state index contributed by atoms with van der Waals surface area (Å²) in [7, 11) is 0. The molecule has 0 aliphatic heterocycles. The van der Waals surface area contributed by atoms with Crippen LogP contribution in [0.5, 0.6) is 0 Å². The van der Waals surface area contributed by atoms with Crippen molar-refractivity contribution in [3.63, 3.8) is 0 Å². The van der Waals surface area contributed by atoms with Crippen LogP contribution < -0.4 is 5.32 Å². The lowest BCUT2D eigenvalue weighted by molar-refractivity contribution is 0.0697. The van der Waals surface area contributed by atoms with Gasteiger partial charge in [0.15, 0.2) is 0 Å². The fourth-order valence-electron chi connectivity index (χ4n) is 1.97. The predicted molar refractivity (Wildman–Crippen MR) is 67.8 cm³/mol. The second kappa shape index (κ2) is 4.25. The van der Waals surface area contributed by atoms with Crippen LogP contribution >= 0.6 is 0 Å². The zero-order chi connectivity index (χ0) is 12.5. The lowest BCUT2D eigenvalue weighted by Crippen LogP contribution is -2.27.